The van der Waals surface area contributed by atoms with Crippen LogP contribution < -0.4 is 16.0 Å². The lowest BCUT2D eigenvalue weighted by molar-refractivity contribution is -0.119. The van der Waals surface area contributed by atoms with Crippen LogP contribution in [-0.4, -0.2) is 22.7 Å². The molecule has 3 amide bonds. The maximum atomic E-state index is 13.3. The van der Waals surface area contributed by atoms with Gasteiger partial charge in [0.05, 0.1) is 23.0 Å². The summed E-state index contributed by atoms with van der Waals surface area (Å²) < 4.78 is 0. The number of hydrogen-bond donors (Lipinski definition) is 3. The molecule has 4 aromatic rings. The quantitative estimate of drug-likeness (QED) is 0.302. The number of nitrogens with zero attached hydrogens (tertiary/aromatic N) is 1. The van der Waals surface area contributed by atoms with Crippen molar-refractivity contribution in [3.8, 4) is 11.3 Å². The van der Waals surface area contributed by atoms with E-state index in [2.05, 4.69) is 20.9 Å². The second kappa shape index (κ2) is 9.91. The molecule has 0 bridgehead atoms. The number of fused-ring (bicyclic) bond motifs is 1. The molecule has 36 heavy (non-hydrogen) atoms. The van der Waals surface area contributed by atoms with Gasteiger partial charge >= 0.3 is 0 Å². The Balaban J connectivity index is 1.35. The number of thiazole rings is 1. The topological polar surface area (TPSA) is 100 Å². The molecule has 1 heterocycles. The number of carbonyl (C=O) groups excluding carboxylic acids is 3. The number of hydrogen-bond acceptors (Lipinski definition) is 5. The van der Waals surface area contributed by atoms with Crippen molar-refractivity contribution in [1.29, 1.82) is 0 Å². The van der Waals surface area contributed by atoms with Crippen LogP contribution in [0.2, 0.25) is 0 Å². The fourth-order valence-electron chi connectivity index (χ4n) is 4.07. The second-order valence-corrected chi connectivity index (χ2v) is 9.90. The van der Waals surface area contributed by atoms with Crippen LogP contribution in [0.1, 0.15) is 48.7 Å². The molecule has 1 aliphatic rings. The first-order valence-corrected chi connectivity index (χ1v) is 12.7. The molecule has 182 valence electrons. The zero-order chi connectivity index (χ0) is 25.2. The minimum absolute atomic E-state index is 0.0292. The van der Waals surface area contributed by atoms with Gasteiger partial charge in [0.15, 0.2) is 5.13 Å². The van der Waals surface area contributed by atoms with E-state index in [0.717, 1.165) is 40.4 Å². The first-order chi connectivity index (χ1) is 17.4. The summed E-state index contributed by atoms with van der Waals surface area (Å²) in [6, 6.07) is 19.1. The van der Waals surface area contributed by atoms with E-state index in [1.165, 1.54) is 18.3 Å². The fraction of sp³-hybridized carbons (Fsp3) is 0.214. The molecule has 1 aliphatic carbocycles. The summed E-state index contributed by atoms with van der Waals surface area (Å²) in [6.07, 6.45) is 1.77. The van der Waals surface area contributed by atoms with Crippen LogP contribution in [0.4, 0.5) is 10.8 Å². The number of amides is 3. The van der Waals surface area contributed by atoms with Crippen LogP contribution in [-0.2, 0) is 9.59 Å². The number of aromatic nitrogens is 1. The van der Waals surface area contributed by atoms with E-state index in [9.17, 15) is 14.4 Å². The van der Waals surface area contributed by atoms with Gasteiger partial charge in [0, 0.05) is 23.8 Å². The molecule has 0 radical (unpaired) electrons. The Morgan fingerprint density at radius 1 is 0.972 bits per heavy atom. The Bertz CT molecular complexity index is 1460. The van der Waals surface area contributed by atoms with Gasteiger partial charge in [-0.25, -0.2) is 4.98 Å². The van der Waals surface area contributed by atoms with Crippen molar-refractivity contribution < 1.29 is 14.4 Å². The Kier molecular flexibility index (Phi) is 6.52. The standard InChI is InChI=1S/C28H26N4O3S/c1-16(29-17(2)33)18-7-9-19(10-8-18)25-15-36-28(31-25)32-27(35)23-13-21-5-3-4-6-22(21)14-24(23)30-26(34)20-11-12-20/h3-10,13-16,20H,11-12H2,1-2H3,(H,29,33)(H,30,34)(H,31,32,35). The lowest BCUT2D eigenvalue weighted by Crippen LogP contribution is -2.23. The fourth-order valence-corrected chi connectivity index (χ4v) is 4.79. The Labute approximate surface area is 213 Å². The van der Waals surface area contributed by atoms with Crippen LogP contribution >= 0.6 is 11.3 Å². The summed E-state index contributed by atoms with van der Waals surface area (Å²) in [5.74, 6) is -0.422. The highest BCUT2D eigenvalue weighted by Crippen LogP contribution is 2.33. The molecule has 3 N–H and O–H groups in total. The van der Waals surface area contributed by atoms with Crippen molar-refractivity contribution >= 4 is 50.6 Å². The van der Waals surface area contributed by atoms with Gasteiger partial charge in [-0.15, -0.1) is 11.3 Å². The summed E-state index contributed by atoms with van der Waals surface area (Å²) in [7, 11) is 0. The minimum atomic E-state index is -0.327. The van der Waals surface area contributed by atoms with E-state index in [1.54, 1.807) is 6.07 Å². The van der Waals surface area contributed by atoms with E-state index in [4.69, 9.17) is 0 Å². The van der Waals surface area contributed by atoms with Crippen LogP contribution in [0.25, 0.3) is 22.0 Å². The summed E-state index contributed by atoms with van der Waals surface area (Å²) in [5, 5.41) is 12.9. The monoisotopic (exact) mass is 498 g/mol. The van der Waals surface area contributed by atoms with Crippen molar-refractivity contribution in [2.45, 2.75) is 32.7 Å². The first-order valence-electron chi connectivity index (χ1n) is 11.9. The van der Waals surface area contributed by atoms with Crippen molar-refractivity contribution in [2.24, 2.45) is 5.92 Å². The third-order valence-corrected chi connectivity index (χ3v) is 6.95. The Morgan fingerprint density at radius 2 is 1.67 bits per heavy atom. The van der Waals surface area contributed by atoms with E-state index < -0.39 is 0 Å². The average molecular weight is 499 g/mol. The molecule has 8 heteroatoms. The molecule has 5 rings (SSSR count). The first kappa shape index (κ1) is 23.7. The number of benzene rings is 3. The van der Waals surface area contributed by atoms with Gasteiger partial charge < -0.3 is 10.6 Å². The van der Waals surface area contributed by atoms with Crippen LogP contribution in [0.3, 0.4) is 0 Å². The highest BCUT2D eigenvalue weighted by atomic mass is 32.1. The van der Waals surface area contributed by atoms with Crippen molar-refractivity contribution in [3.63, 3.8) is 0 Å². The molecule has 1 fully saturated rings. The zero-order valence-electron chi connectivity index (χ0n) is 20.0. The number of anilines is 2. The number of nitrogens with one attached hydrogen (secondary N) is 3. The molecule has 3 aromatic carbocycles. The van der Waals surface area contributed by atoms with Gasteiger partial charge in [0.2, 0.25) is 11.8 Å². The minimum Gasteiger partial charge on any atom is -0.350 e. The van der Waals surface area contributed by atoms with E-state index >= 15 is 0 Å². The maximum absolute atomic E-state index is 13.3. The Morgan fingerprint density at radius 3 is 2.33 bits per heavy atom. The highest BCUT2D eigenvalue weighted by Gasteiger charge is 2.30. The predicted molar refractivity (Wildman–Crippen MR) is 143 cm³/mol. The lowest BCUT2D eigenvalue weighted by atomic mass is 10.0. The molecule has 1 atom stereocenters. The van der Waals surface area contributed by atoms with Crippen molar-refractivity contribution in [3.05, 3.63) is 77.2 Å². The van der Waals surface area contributed by atoms with Crippen LogP contribution in [0.15, 0.2) is 66.0 Å². The smallest absolute Gasteiger partial charge is 0.259 e. The predicted octanol–water partition coefficient (Wildman–Crippen LogP) is 5.76. The summed E-state index contributed by atoms with van der Waals surface area (Å²) in [5.41, 5.74) is 3.55. The van der Waals surface area contributed by atoms with Crippen molar-refractivity contribution in [2.75, 3.05) is 10.6 Å². The molecular formula is C28H26N4O3S. The van der Waals surface area contributed by atoms with Crippen LogP contribution in [0.5, 0.6) is 0 Å². The van der Waals surface area contributed by atoms with E-state index in [0.29, 0.717) is 16.4 Å². The molecular weight excluding hydrogens is 472 g/mol. The second-order valence-electron chi connectivity index (χ2n) is 9.04. The third-order valence-electron chi connectivity index (χ3n) is 6.19. The SMILES string of the molecule is CC(=O)NC(C)c1ccc(-c2csc(NC(=O)c3cc4ccccc4cc3NC(=O)C3CC3)n2)cc1. The normalized spacial score (nSPS) is 13.7. The van der Waals surface area contributed by atoms with Gasteiger partial charge in [-0.1, -0.05) is 48.5 Å². The average Bonchev–Trinajstić information content (AvgIpc) is 3.62. The summed E-state index contributed by atoms with van der Waals surface area (Å²) in [6.45, 7) is 3.43. The Hall–Kier alpha value is -4.04. The van der Waals surface area contributed by atoms with E-state index in [1.807, 2.05) is 66.9 Å². The van der Waals surface area contributed by atoms with Crippen molar-refractivity contribution in [1.82, 2.24) is 10.3 Å². The highest BCUT2D eigenvalue weighted by molar-refractivity contribution is 7.14. The number of carbonyl (C=O) groups is 3. The van der Waals surface area contributed by atoms with Gasteiger partial charge in [-0.3, -0.25) is 19.7 Å². The molecule has 0 saturated heterocycles. The maximum Gasteiger partial charge on any atom is 0.259 e. The van der Waals surface area contributed by atoms with Gasteiger partial charge in [0.25, 0.3) is 5.91 Å². The van der Waals surface area contributed by atoms with E-state index in [-0.39, 0.29) is 29.7 Å². The third kappa shape index (κ3) is 5.28. The molecule has 1 unspecified atom stereocenters. The molecule has 1 aromatic heterocycles. The lowest BCUT2D eigenvalue weighted by Gasteiger charge is -2.13. The van der Waals surface area contributed by atoms with Gasteiger partial charge in [0.1, 0.15) is 0 Å². The van der Waals surface area contributed by atoms with Crippen LogP contribution in [0, 0.1) is 5.92 Å². The molecule has 0 aliphatic heterocycles. The summed E-state index contributed by atoms with van der Waals surface area (Å²) >= 11 is 1.34. The number of rotatable bonds is 7. The summed E-state index contributed by atoms with van der Waals surface area (Å²) in [4.78, 5) is 41.6. The molecule has 7 nitrogen and oxygen atoms in total. The molecule has 0 spiro atoms. The molecule has 1 saturated carbocycles. The van der Waals surface area contributed by atoms with Gasteiger partial charge in [-0.05, 0) is 48.2 Å². The largest absolute Gasteiger partial charge is 0.350 e. The zero-order valence-corrected chi connectivity index (χ0v) is 20.8. The van der Waals surface area contributed by atoms with Gasteiger partial charge in [-0.2, -0.15) is 0 Å².